The van der Waals surface area contributed by atoms with Gasteiger partial charge in [-0.3, -0.25) is 9.59 Å². The van der Waals surface area contributed by atoms with E-state index in [0.717, 1.165) is 64.6 Å². The molecule has 0 aliphatic carbocycles. The molecule has 6 nitrogen and oxygen atoms in total. The Morgan fingerprint density at radius 2 is 0.617 bits per heavy atom. The van der Waals surface area contributed by atoms with E-state index in [2.05, 4.69) is 12.1 Å². The molecule has 0 saturated heterocycles. The van der Waals surface area contributed by atoms with Crippen molar-refractivity contribution in [3.8, 4) is 23.0 Å². The lowest BCUT2D eigenvalue weighted by atomic mass is 9.89. The minimum Gasteiger partial charge on any atom is -0.497 e. The van der Waals surface area contributed by atoms with Crippen molar-refractivity contribution in [2.45, 2.75) is 0 Å². The van der Waals surface area contributed by atoms with Crippen molar-refractivity contribution in [1.29, 1.82) is 0 Å². The second kappa shape index (κ2) is 15.9. The van der Waals surface area contributed by atoms with Crippen LogP contribution in [0.5, 0.6) is 23.0 Å². The molecule has 10 aromatic rings. The number of ketones is 2. The third kappa shape index (κ3) is 6.58. The first-order chi connectivity index (χ1) is 29.4. The molecule has 0 radical (unpaired) electrons. The average molecular weight is 785 g/mol. The lowest BCUT2D eigenvalue weighted by molar-refractivity contribution is 0.103. The first-order valence-electron chi connectivity index (χ1n) is 19.6. The lowest BCUT2D eigenvalue weighted by Gasteiger charge is -2.15. The normalized spacial score (nSPS) is 11.1. The Morgan fingerprint density at radius 3 is 0.933 bits per heavy atom. The van der Waals surface area contributed by atoms with E-state index < -0.39 is 0 Å². The number of methoxy groups -OCH3 is 4. The fourth-order valence-electron chi connectivity index (χ4n) is 8.39. The zero-order valence-corrected chi connectivity index (χ0v) is 33.6. The molecule has 0 amide bonds. The van der Waals surface area contributed by atoms with Gasteiger partial charge in [0, 0.05) is 21.9 Å². The van der Waals surface area contributed by atoms with Crippen LogP contribution in [0.25, 0.3) is 64.6 Å². The number of carbonyl (C=O) groups excluding carboxylic acids is 2. The topological polar surface area (TPSA) is 71.1 Å². The number of hydrogen-bond donors (Lipinski definition) is 0. The number of carbonyl (C=O) groups is 2. The van der Waals surface area contributed by atoms with Crippen LogP contribution in [0.4, 0.5) is 0 Å². The van der Waals surface area contributed by atoms with Gasteiger partial charge in [-0.1, -0.05) is 121 Å². The fourth-order valence-corrected chi connectivity index (χ4v) is 8.39. The van der Waals surface area contributed by atoms with Crippen molar-refractivity contribution < 1.29 is 28.5 Å². The largest absolute Gasteiger partial charge is 0.497 e. The Balaban J connectivity index is 0.000000154. The second-order valence-corrected chi connectivity index (χ2v) is 14.5. The van der Waals surface area contributed by atoms with Crippen molar-refractivity contribution in [1.82, 2.24) is 0 Å². The van der Waals surface area contributed by atoms with Gasteiger partial charge in [-0.05, 0) is 102 Å². The quantitative estimate of drug-likeness (QED) is 0.113. The molecule has 60 heavy (non-hydrogen) atoms. The van der Waals surface area contributed by atoms with Crippen molar-refractivity contribution in [3.63, 3.8) is 0 Å². The van der Waals surface area contributed by atoms with Gasteiger partial charge in [0.2, 0.25) is 0 Å². The summed E-state index contributed by atoms with van der Waals surface area (Å²) in [5.41, 5.74) is 2.49. The summed E-state index contributed by atoms with van der Waals surface area (Å²) in [4.78, 5) is 28.3. The van der Waals surface area contributed by atoms with Crippen molar-refractivity contribution in [2.24, 2.45) is 0 Å². The maximum atomic E-state index is 14.1. The van der Waals surface area contributed by atoms with E-state index >= 15 is 0 Å². The highest BCUT2D eigenvalue weighted by Gasteiger charge is 2.24. The van der Waals surface area contributed by atoms with Crippen LogP contribution in [0.2, 0.25) is 0 Å². The average Bonchev–Trinajstić information content (AvgIpc) is 3.30. The summed E-state index contributed by atoms with van der Waals surface area (Å²) in [5, 5.41) is 11.4. The highest BCUT2D eigenvalue weighted by molar-refractivity contribution is 6.30. The molecule has 0 unspecified atom stereocenters. The van der Waals surface area contributed by atoms with E-state index in [9.17, 15) is 9.59 Å². The number of ether oxygens (including phenoxy) is 4. The molecule has 0 aliphatic rings. The number of rotatable bonds is 8. The molecule has 10 aromatic carbocycles. The molecule has 0 spiro atoms. The Morgan fingerprint density at radius 1 is 0.300 bits per heavy atom. The minimum atomic E-state index is -0.0568. The minimum absolute atomic E-state index is 0.0568. The highest BCUT2D eigenvalue weighted by atomic mass is 16.5. The van der Waals surface area contributed by atoms with E-state index in [1.54, 1.807) is 28.4 Å². The van der Waals surface area contributed by atoms with E-state index in [4.69, 9.17) is 18.9 Å². The molecule has 0 atom stereocenters. The van der Waals surface area contributed by atoms with Gasteiger partial charge in [0.25, 0.3) is 0 Å². The molecule has 292 valence electrons. The first kappa shape index (κ1) is 37.9. The maximum Gasteiger partial charge on any atom is 0.198 e. The van der Waals surface area contributed by atoms with Crippen LogP contribution in [0.15, 0.2) is 170 Å². The van der Waals surface area contributed by atoms with E-state index in [1.807, 2.05) is 158 Å². The molecular weight excluding hydrogens is 745 g/mol. The van der Waals surface area contributed by atoms with Gasteiger partial charge >= 0.3 is 0 Å². The van der Waals surface area contributed by atoms with Crippen LogP contribution in [0, 0.1) is 0 Å². The van der Waals surface area contributed by atoms with E-state index in [-0.39, 0.29) is 11.6 Å². The third-order valence-electron chi connectivity index (χ3n) is 11.3. The Kier molecular flexibility index (Phi) is 10.0. The maximum absolute atomic E-state index is 14.1. The van der Waals surface area contributed by atoms with Gasteiger partial charge in [-0.15, -0.1) is 0 Å². The highest BCUT2D eigenvalue weighted by Crippen LogP contribution is 2.39. The summed E-state index contributed by atoms with van der Waals surface area (Å²) in [6.45, 7) is 0. The molecule has 0 aromatic heterocycles. The van der Waals surface area contributed by atoms with Crippen molar-refractivity contribution in [2.75, 3.05) is 28.4 Å². The molecule has 0 heterocycles. The summed E-state index contributed by atoms with van der Waals surface area (Å²) in [7, 11) is 6.45. The van der Waals surface area contributed by atoms with Gasteiger partial charge < -0.3 is 18.9 Å². The van der Waals surface area contributed by atoms with Gasteiger partial charge in [-0.2, -0.15) is 0 Å². The summed E-state index contributed by atoms with van der Waals surface area (Å²) in [6, 6.07) is 55.5. The van der Waals surface area contributed by atoms with E-state index in [0.29, 0.717) is 45.3 Å². The smallest absolute Gasteiger partial charge is 0.198 e. The van der Waals surface area contributed by atoms with Crippen molar-refractivity contribution >= 4 is 76.2 Å². The lowest BCUT2D eigenvalue weighted by Crippen LogP contribution is -2.07. The number of benzene rings is 10. The van der Waals surface area contributed by atoms with Crippen LogP contribution in [0.3, 0.4) is 0 Å². The number of hydrogen-bond acceptors (Lipinski definition) is 6. The van der Waals surface area contributed by atoms with Crippen LogP contribution < -0.4 is 18.9 Å². The SMILES string of the molecule is COc1ccc2ccc(OC)c(C(=O)c3c4ccccc4cc4ccccc34)c2c1.COc1ccc2ccc(OC)c(C(=O)c3c4ccccc4cc4ccccc34)c2c1. The van der Waals surface area contributed by atoms with E-state index in [1.165, 1.54) is 0 Å². The summed E-state index contributed by atoms with van der Waals surface area (Å²) < 4.78 is 22.1. The van der Waals surface area contributed by atoms with Crippen LogP contribution >= 0.6 is 0 Å². The summed E-state index contributed by atoms with van der Waals surface area (Å²) in [5.74, 6) is 2.40. The molecule has 10 rings (SSSR count). The van der Waals surface area contributed by atoms with Gasteiger partial charge in [0.05, 0.1) is 39.6 Å². The molecule has 0 N–H and O–H groups in total. The zero-order valence-electron chi connectivity index (χ0n) is 33.6. The fraction of sp³-hybridized carbons (Fsp3) is 0.0741. The predicted octanol–water partition coefficient (Wildman–Crippen LogP) is 12.8. The standard InChI is InChI=1S/2C27H20O3/c2*1-29-20-13-11-17-12-14-24(30-2)26(23(17)16-20)27(28)25-21-9-5-3-7-18(21)15-19-8-4-6-10-22(19)25/h2*3-16H,1-2H3. The van der Waals surface area contributed by atoms with Crippen molar-refractivity contribution in [3.05, 3.63) is 192 Å². The molecule has 0 fully saturated rings. The summed E-state index contributed by atoms with van der Waals surface area (Å²) >= 11 is 0. The monoisotopic (exact) mass is 784 g/mol. The summed E-state index contributed by atoms with van der Waals surface area (Å²) in [6.07, 6.45) is 0. The molecule has 0 bridgehead atoms. The van der Waals surface area contributed by atoms with Crippen LogP contribution in [0.1, 0.15) is 31.8 Å². The zero-order chi connectivity index (χ0) is 41.3. The Labute approximate surface area is 347 Å². The Hall–Kier alpha value is -7.70. The van der Waals surface area contributed by atoms with Gasteiger partial charge in [-0.25, -0.2) is 0 Å². The van der Waals surface area contributed by atoms with Gasteiger partial charge in [0.15, 0.2) is 11.6 Å². The van der Waals surface area contributed by atoms with Gasteiger partial charge in [0.1, 0.15) is 23.0 Å². The Bertz CT molecular complexity index is 2970. The van der Waals surface area contributed by atoms with Crippen LogP contribution in [-0.4, -0.2) is 40.0 Å². The van der Waals surface area contributed by atoms with Crippen LogP contribution in [-0.2, 0) is 0 Å². The number of fused-ring (bicyclic) bond motifs is 6. The predicted molar refractivity (Wildman–Crippen MR) is 244 cm³/mol. The second-order valence-electron chi connectivity index (χ2n) is 14.5. The molecule has 0 aliphatic heterocycles. The third-order valence-corrected chi connectivity index (χ3v) is 11.3. The first-order valence-corrected chi connectivity index (χ1v) is 19.6. The molecule has 6 heteroatoms. The molecule has 0 saturated carbocycles. The molecular formula is C54H40O6.